The van der Waals surface area contributed by atoms with Crippen LogP contribution in [0.2, 0.25) is 5.02 Å². The third-order valence-corrected chi connectivity index (χ3v) is 4.83. The van der Waals surface area contributed by atoms with Crippen molar-refractivity contribution in [1.29, 1.82) is 0 Å². The normalized spacial score (nSPS) is 12.2. The summed E-state index contributed by atoms with van der Waals surface area (Å²) in [7, 11) is 0. The average Bonchev–Trinajstić information content (AvgIpc) is 3.09. The average molecular weight is 354 g/mol. The molecule has 0 unspecified atom stereocenters. The minimum Gasteiger partial charge on any atom is -0.266 e. The number of nitrogens with zero attached hydrogens (tertiary/aromatic N) is 3. The van der Waals surface area contributed by atoms with Crippen molar-refractivity contribution in [3.05, 3.63) is 79.6 Å². The summed E-state index contributed by atoms with van der Waals surface area (Å²) in [5, 5.41) is 4.99. The van der Waals surface area contributed by atoms with Crippen molar-refractivity contribution in [3.63, 3.8) is 0 Å². The molecular formula is C18H12ClN3OS. The van der Waals surface area contributed by atoms with E-state index in [0.29, 0.717) is 20.3 Å². The van der Waals surface area contributed by atoms with Gasteiger partial charge in [0.2, 0.25) is 4.96 Å². The highest BCUT2D eigenvalue weighted by atomic mass is 35.5. The van der Waals surface area contributed by atoms with Crippen molar-refractivity contribution in [1.82, 2.24) is 14.6 Å². The predicted molar refractivity (Wildman–Crippen MR) is 97.5 cm³/mol. The third kappa shape index (κ3) is 2.72. The minimum atomic E-state index is -0.166. The number of thiazole rings is 1. The van der Waals surface area contributed by atoms with Crippen molar-refractivity contribution < 1.29 is 0 Å². The molecule has 6 heteroatoms. The highest BCUT2D eigenvalue weighted by molar-refractivity contribution is 7.15. The highest BCUT2D eigenvalue weighted by Crippen LogP contribution is 2.17. The van der Waals surface area contributed by atoms with Crippen LogP contribution in [0.25, 0.3) is 22.4 Å². The van der Waals surface area contributed by atoms with E-state index in [9.17, 15) is 4.79 Å². The molecule has 24 heavy (non-hydrogen) atoms. The topological polar surface area (TPSA) is 47.3 Å². The standard InChI is InChI=1S/C18H12ClN3OS/c1-11-5-7-13(8-6-11)16-20-18-22(21-16)17(23)15(24-18)10-12-3-2-4-14(19)9-12/h2-10H,1H3/b15-10+. The fourth-order valence-corrected chi connectivity index (χ4v) is 3.51. The minimum absolute atomic E-state index is 0.166. The Labute approximate surface area is 146 Å². The summed E-state index contributed by atoms with van der Waals surface area (Å²) in [5.74, 6) is 0.563. The molecule has 0 fully saturated rings. The molecule has 0 aliphatic carbocycles. The van der Waals surface area contributed by atoms with Crippen molar-refractivity contribution in [3.8, 4) is 11.4 Å². The molecule has 0 saturated heterocycles. The van der Waals surface area contributed by atoms with E-state index >= 15 is 0 Å². The van der Waals surface area contributed by atoms with E-state index in [1.54, 1.807) is 12.1 Å². The van der Waals surface area contributed by atoms with E-state index in [2.05, 4.69) is 10.1 Å². The Balaban J connectivity index is 1.81. The molecule has 0 aliphatic heterocycles. The molecule has 0 atom stereocenters. The second-order valence-corrected chi connectivity index (χ2v) is 6.91. The lowest BCUT2D eigenvalue weighted by Crippen LogP contribution is -2.23. The zero-order valence-corrected chi connectivity index (χ0v) is 14.3. The molecule has 0 aliphatic rings. The number of rotatable bonds is 2. The van der Waals surface area contributed by atoms with E-state index in [0.717, 1.165) is 11.1 Å². The smallest absolute Gasteiger partial charge is 0.266 e. The second-order valence-electron chi connectivity index (χ2n) is 5.47. The van der Waals surface area contributed by atoms with Gasteiger partial charge in [0, 0.05) is 10.6 Å². The van der Waals surface area contributed by atoms with Crippen molar-refractivity contribution in [2.75, 3.05) is 0 Å². The molecule has 4 aromatic rings. The number of halogens is 1. The van der Waals surface area contributed by atoms with E-state index in [-0.39, 0.29) is 5.56 Å². The molecule has 0 saturated carbocycles. The molecule has 4 rings (SSSR count). The monoisotopic (exact) mass is 353 g/mol. The van der Waals surface area contributed by atoms with Crippen LogP contribution >= 0.6 is 22.9 Å². The SMILES string of the molecule is Cc1ccc(-c2nc3s/c(=C/c4cccc(Cl)c4)c(=O)n3n2)cc1. The van der Waals surface area contributed by atoms with Crippen LogP contribution in [0.4, 0.5) is 0 Å². The number of hydrogen-bond donors (Lipinski definition) is 0. The number of aryl methyl sites for hydroxylation is 1. The first-order valence-corrected chi connectivity index (χ1v) is 8.53. The Bertz CT molecular complexity index is 1150. The fraction of sp³-hybridized carbons (Fsp3) is 0.0556. The number of hydrogen-bond acceptors (Lipinski definition) is 4. The molecule has 118 valence electrons. The van der Waals surface area contributed by atoms with Gasteiger partial charge >= 0.3 is 0 Å². The highest BCUT2D eigenvalue weighted by Gasteiger charge is 2.11. The Morgan fingerprint density at radius 3 is 2.67 bits per heavy atom. The van der Waals surface area contributed by atoms with Crippen LogP contribution in [0.15, 0.2) is 53.3 Å². The lowest BCUT2D eigenvalue weighted by Gasteiger charge is -1.95. The summed E-state index contributed by atoms with van der Waals surface area (Å²) in [4.78, 5) is 17.6. The van der Waals surface area contributed by atoms with Gasteiger partial charge in [0.05, 0.1) is 4.53 Å². The second kappa shape index (κ2) is 5.85. The molecule has 0 radical (unpaired) electrons. The van der Waals surface area contributed by atoms with Gasteiger partial charge in [-0.25, -0.2) is 0 Å². The van der Waals surface area contributed by atoms with Crippen LogP contribution in [-0.4, -0.2) is 14.6 Å². The van der Waals surface area contributed by atoms with Crippen LogP contribution < -0.4 is 10.1 Å². The first kappa shape index (κ1) is 15.1. The van der Waals surface area contributed by atoms with E-state index < -0.39 is 0 Å². The van der Waals surface area contributed by atoms with Crippen LogP contribution in [0.1, 0.15) is 11.1 Å². The lowest BCUT2D eigenvalue weighted by molar-refractivity contribution is 0.937. The number of benzene rings is 2. The zero-order valence-electron chi connectivity index (χ0n) is 12.7. The summed E-state index contributed by atoms with van der Waals surface area (Å²) >= 11 is 7.30. The molecular weight excluding hydrogens is 342 g/mol. The van der Waals surface area contributed by atoms with Gasteiger partial charge in [-0.2, -0.15) is 9.50 Å². The molecule has 0 bridgehead atoms. The maximum atomic E-state index is 12.5. The molecule has 0 spiro atoms. The van der Waals surface area contributed by atoms with Gasteiger partial charge in [0.15, 0.2) is 5.82 Å². The molecule has 4 nitrogen and oxygen atoms in total. The van der Waals surface area contributed by atoms with Gasteiger partial charge in [-0.15, -0.1) is 5.10 Å². The van der Waals surface area contributed by atoms with Gasteiger partial charge in [-0.05, 0) is 30.7 Å². The molecule has 0 amide bonds. The van der Waals surface area contributed by atoms with Crippen molar-refractivity contribution >= 4 is 34.0 Å². The zero-order chi connectivity index (χ0) is 16.7. The van der Waals surface area contributed by atoms with E-state index in [4.69, 9.17) is 11.6 Å². The maximum absolute atomic E-state index is 12.5. The molecule has 0 N–H and O–H groups in total. The first-order chi connectivity index (χ1) is 11.6. The summed E-state index contributed by atoms with van der Waals surface area (Å²) < 4.78 is 1.94. The number of fused-ring (bicyclic) bond motifs is 1. The quantitative estimate of drug-likeness (QED) is 0.555. The number of aromatic nitrogens is 3. The van der Waals surface area contributed by atoms with Gasteiger partial charge < -0.3 is 0 Å². The summed E-state index contributed by atoms with van der Waals surface area (Å²) in [6.07, 6.45) is 1.81. The van der Waals surface area contributed by atoms with Gasteiger partial charge in [-0.1, -0.05) is 64.9 Å². The largest absolute Gasteiger partial charge is 0.291 e. The maximum Gasteiger partial charge on any atom is 0.291 e. The third-order valence-electron chi connectivity index (χ3n) is 3.64. The van der Waals surface area contributed by atoms with Crippen LogP contribution in [0.5, 0.6) is 0 Å². The van der Waals surface area contributed by atoms with Gasteiger partial charge in [0.25, 0.3) is 5.56 Å². The Morgan fingerprint density at radius 2 is 1.96 bits per heavy atom. The summed E-state index contributed by atoms with van der Waals surface area (Å²) in [6.45, 7) is 2.02. The Hall–Kier alpha value is -2.50. The summed E-state index contributed by atoms with van der Waals surface area (Å²) in [6, 6.07) is 15.3. The van der Waals surface area contributed by atoms with Crippen molar-refractivity contribution in [2.45, 2.75) is 6.92 Å². The van der Waals surface area contributed by atoms with Crippen LogP contribution in [0.3, 0.4) is 0 Å². The fourth-order valence-electron chi connectivity index (χ4n) is 2.41. The molecule has 2 aromatic heterocycles. The van der Waals surface area contributed by atoms with E-state index in [1.165, 1.54) is 21.4 Å². The van der Waals surface area contributed by atoms with Gasteiger partial charge in [-0.3, -0.25) is 4.79 Å². The summed E-state index contributed by atoms with van der Waals surface area (Å²) in [5.41, 5.74) is 2.78. The van der Waals surface area contributed by atoms with Gasteiger partial charge in [0.1, 0.15) is 0 Å². The first-order valence-electron chi connectivity index (χ1n) is 7.34. The van der Waals surface area contributed by atoms with Crippen LogP contribution in [0, 0.1) is 6.92 Å². The van der Waals surface area contributed by atoms with Crippen LogP contribution in [-0.2, 0) is 0 Å². The Morgan fingerprint density at radius 1 is 1.17 bits per heavy atom. The van der Waals surface area contributed by atoms with E-state index in [1.807, 2.05) is 49.4 Å². The molecule has 2 aromatic carbocycles. The Kier molecular flexibility index (Phi) is 3.67. The lowest BCUT2D eigenvalue weighted by atomic mass is 10.1. The van der Waals surface area contributed by atoms with Crippen molar-refractivity contribution in [2.24, 2.45) is 0 Å². The molecule has 2 heterocycles. The predicted octanol–water partition coefficient (Wildman–Crippen LogP) is 3.33.